The fourth-order valence-corrected chi connectivity index (χ4v) is 3.94. The van der Waals surface area contributed by atoms with Gasteiger partial charge in [-0.25, -0.2) is 0 Å². The number of hydrogen-bond donors (Lipinski definition) is 2. The van der Waals surface area contributed by atoms with Crippen LogP contribution in [0.25, 0.3) is 0 Å². The van der Waals surface area contributed by atoms with Gasteiger partial charge < -0.3 is 10.3 Å². The fourth-order valence-electron chi connectivity index (χ4n) is 3.94. The monoisotopic (exact) mass is 308 g/mol. The molecule has 0 spiro atoms. The van der Waals surface area contributed by atoms with Gasteiger partial charge in [0.2, 0.25) is 0 Å². The average molecular weight is 308 g/mol. The van der Waals surface area contributed by atoms with Gasteiger partial charge in [0.1, 0.15) is 5.69 Å². The molecule has 2 aromatic rings. The molecule has 1 aromatic carbocycles. The van der Waals surface area contributed by atoms with E-state index in [0.717, 1.165) is 42.5 Å². The number of Topliss-reactive ketones (excluding diaryl/α,β-unsaturated/α-hetero) is 1. The third-order valence-corrected chi connectivity index (χ3v) is 5.10. The van der Waals surface area contributed by atoms with Crippen molar-refractivity contribution in [3.63, 3.8) is 0 Å². The molecule has 1 amide bonds. The van der Waals surface area contributed by atoms with Crippen LogP contribution in [0.1, 0.15) is 68.5 Å². The molecule has 1 aromatic heterocycles. The van der Waals surface area contributed by atoms with Crippen LogP contribution < -0.4 is 5.32 Å². The summed E-state index contributed by atoms with van der Waals surface area (Å²) in [7, 11) is 0. The number of carbonyl (C=O) groups excluding carboxylic acids is 2. The van der Waals surface area contributed by atoms with Crippen LogP contribution in [-0.2, 0) is 12.8 Å². The number of ketones is 1. The molecule has 118 valence electrons. The highest BCUT2D eigenvalue weighted by Crippen LogP contribution is 2.32. The van der Waals surface area contributed by atoms with Crippen LogP contribution in [-0.4, -0.2) is 16.7 Å². The van der Waals surface area contributed by atoms with Gasteiger partial charge in [-0.2, -0.15) is 0 Å². The van der Waals surface area contributed by atoms with E-state index in [9.17, 15) is 9.59 Å². The summed E-state index contributed by atoms with van der Waals surface area (Å²) < 4.78 is 0. The number of aromatic amines is 1. The lowest BCUT2D eigenvalue weighted by molar-refractivity contribution is 0.0931. The molecule has 0 bridgehead atoms. The summed E-state index contributed by atoms with van der Waals surface area (Å²) in [4.78, 5) is 28.0. The van der Waals surface area contributed by atoms with Crippen molar-refractivity contribution in [3.05, 3.63) is 57.9 Å². The molecule has 4 nitrogen and oxygen atoms in total. The van der Waals surface area contributed by atoms with Crippen LogP contribution in [0, 0.1) is 6.92 Å². The van der Waals surface area contributed by atoms with Crippen molar-refractivity contribution in [1.82, 2.24) is 10.3 Å². The van der Waals surface area contributed by atoms with Gasteiger partial charge in [0.15, 0.2) is 5.78 Å². The van der Waals surface area contributed by atoms with E-state index in [1.54, 1.807) is 0 Å². The Kier molecular flexibility index (Phi) is 3.33. The van der Waals surface area contributed by atoms with Crippen molar-refractivity contribution in [2.75, 3.05) is 0 Å². The molecule has 2 N–H and O–H groups in total. The molecule has 23 heavy (non-hydrogen) atoms. The van der Waals surface area contributed by atoms with Crippen molar-refractivity contribution in [3.8, 4) is 0 Å². The molecule has 1 heterocycles. The Hall–Kier alpha value is -2.36. The van der Waals surface area contributed by atoms with Crippen molar-refractivity contribution in [1.29, 1.82) is 0 Å². The van der Waals surface area contributed by atoms with Gasteiger partial charge in [-0.05, 0) is 49.3 Å². The van der Waals surface area contributed by atoms with Gasteiger partial charge in [0.25, 0.3) is 5.91 Å². The fraction of sp³-hybridized carbons (Fsp3) is 0.368. The molecule has 0 radical (unpaired) electrons. The van der Waals surface area contributed by atoms with Gasteiger partial charge in [0.05, 0.1) is 6.04 Å². The molecule has 2 aliphatic rings. The maximum absolute atomic E-state index is 12.7. The van der Waals surface area contributed by atoms with E-state index in [4.69, 9.17) is 0 Å². The second-order valence-electron chi connectivity index (χ2n) is 6.52. The van der Waals surface area contributed by atoms with Crippen LogP contribution >= 0.6 is 0 Å². The number of hydrogen-bond acceptors (Lipinski definition) is 2. The van der Waals surface area contributed by atoms with Crippen LogP contribution in [0.15, 0.2) is 24.3 Å². The molecule has 0 saturated carbocycles. The van der Waals surface area contributed by atoms with Crippen LogP contribution in [0.2, 0.25) is 0 Å². The summed E-state index contributed by atoms with van der Waals surface area (Å²) in [5, 5.41) is 3.13. The zero-order valence-corrected chi connectivity index (χ0v) is 13.2. The van der Waals surface area contributed by atoms with E-state index in [1.807, 2.05) is 19.1 Å². The first-order valence-corrected chi connectivity index (χ1v) is 8.28. The molecule has 1 unspecified atom stereocenters. The van der Waals surface area contributed by atoms with Gasteiger partial charge in [-0.3, -0.25) is 9.59 Å². The lowest BCUT2D eigenvalue weighted by atomic mass is 9.94. The Morgan fingerprint density at radius 3 is 2.87 bits per heavy atom. The molecule has 0 aliphatic heterocycles. The molecule has 4 rings (SSSR count). The Labute approximate surface area is 135 Å². The standard InChI is InChI=1S/C19H20N2O2/c1-11-17-15(7-4-8-16(17)22)20-18(11)19(23)21-14-10-9-12-5-2-3-6-13(12)14/h2-3,5-6,14,20H,4,7-10H2,1H3,(H,21,23). The lowest BCUT2D eigenvalue weighted by Gasteiger charge is -2.14. The number of aromatic nitrogens is 1. The third kappa shape index (κ3) is 2.29. The van der Waals surface area contributed by atoms with Gasteiger partial charge >= 0.3 is 0 Å². The van der Waals surface area contributed by atoms with Crippen molar-refractivity contribution in [2.45, 2.75) is 45.1 Å². The normalized spacial score (nSPS) is 19.3. The van der Waals surface area contributed by atoms with Gasteiger partial charge in [-0.1, -0.05) is 24.3 Å². The van der Waals surface area contributed by atoms with Crippen molar-refractivity contribution >= 4 is 11.7 Å². The molecule has 1 atom stereocenters. The maximum Gasteiger partial charge on any atom is 0.268 e. The first-order chi connectivity index (χ1) is 11.1. The number of H-pyrrole nitrogens is 1. The summed E-state index contributed by atoms with van der Waals surface area (Å²) >= 11 is 0. The highest BCUT2D eigenvalue weighted by molar-refractivity contribution is 6.04. The Morgan fingerprint density at radius 2 is 2.04 bits per heavy atom. The largest absolute Gasteiger partial charge is 0.354 e. The SMILES string of the molecule is Cc1c(C(=O)NC2CCc3ccccc32)[nH]c2c1C(=O)CCC2. The van der Waals surface area contributed by atoms with Gasteiger partial charge in [0, 0.05) is 17.7 Å². The summed E-state index contributed by atoms with van der Waals surface area (Å²) in [6.45, 7) is 1.87. The van der Waals surface area contributed by atoms with Crippen molar-refractivity contribution in [2.24, 2.45) is 0 Å². The zero-order valence-electron chi connectivity index (χ0n) is 13.2. The van der Waals surface area contributed by atoms with Crippen LogP contribution in [0.4, 0.5) is 0 Å². The maximum atomic E-state index is 12.7. The molecule has 0 fully saturated rings. The van der Waals surface area contributed by atoms with E-state index in [-0.39, 0.29) is 17.7 Å². The molecular formula is C19H20N2O2. The number of rotatable bonds is 2. The first-order valence-electron chi connectivity index (χ1n) is 8.28. The number of fused-ring (bicyclic) bond motifs is 2. The predicted molar refractivity (Wildman–Crippen MR) is 87.8 cm³/mol. The van der Waals surface area contributed by atoms with Crippen molar-refractivity contribution < 1.29 is 9.59 Å². The highest BCUT2D eigenvalue weighted by atomic mass is 16.2. The average Bonchev–Trinajstić information content (AvgIpc) is 3.10. The Balaban J connectivity index is 1.60. The minimum absolute atomic E-state index is 0.0640. The predicted octanol–water partition coefficient (Wildman–Crippen LogP) is 3.26. The number of aryl methyl sites for hydroxylation is 2. The zero-order chi connectivity index (χ0) is 16.0. The summed E-state index contributed by atoms with van der Waals surface area (Å²) in [6.07, 6.45) is 4.23. The number of amides is 1. The number of benzene rings is 1. The van der Waals surface area contributed by atoms with E-state index in [0.29, 0.717) is 12.1 Å². The molecular weight excluding hydrogens is 288 g/mol. The number of carbonyl (C=O) groups is 2. The quantitative estimate of drug-likeness (QED) is 0.894. The molecule has 4 heteroatoms. The second kappa shape index (κ2) is 5.37. The molecule has 0 saturated heterocycles. The van der Waals surface area contributed by atoms with E-state index in [1.165, 1.54) is 11.1 Å². The smallest absolute Gasteiger partial charge is 0.268 e. The minimum Gasteiger partial charge on any atom is -0.354 e. The first kappa shape index (κ1) is 14.2. The second-order valence-corrected chi connectivity index (χ2v) is 6.52. The van der Waals surface area contributed by atoms with Crippen LogP contribution in [0.5, 0.6) is 0 Å². The summed E-state index contributed by atoms with van der Waals surface area (Å²) in [5.41, 5.74) is 5.55. The Morgan fingerprint density at radius 1 is 1.22 bits per heavy atom. The highest BCUT2D eigenvalue weighted by Gasteiger charge is 2.29. The van der Waals surface area contributed by atoms with Gasteiger partial charge in [-0.15, -0.1) is 0 Å². The van der Waals surface area contributed by atoms with Crippen LogP contribution in [0.3, 0.4) is 0 Å². The molecule has 2 aliphatic carbocycles. The summed E-state index contributed by atoms with van der Waals surface area (Å²) in [6, 6.07) is 8.33. The third-order valence-electron chi connectivity index (χ3n) is 5.10. The Bertz CT molecular complexity index is 804. The topological polar surface area (TPSA) is 62.0 Å². The summed E-state index contributed by atoms with van der Waals surface area (Å²) in [5.74, 6) is 0.0525. The minimum atomic E-state index is -0.105. The van der Waals surface area contributed by atoms with E-state index >= 15 is 0 Å². The lowest BCUT2D eigenvalue weighted by Crippen LogP contribution is -2.28. The number of nitrogens with one attached hydrogen (secondary N) is 2. The van der Waals surface area contributed by atoms with E-state index in [2.05, 4.69) is 22.4 Å². The van der Waals surface area contributed by atoms with E-state index < -0.39 is 0 Å².